The van der Waals surface area contributed by atoms with Crippen LogP contribution in [-0.2, 0) is 9.53 Å². The molecule has 5 atom stereocenters. The molecule has 5 unspecified atom stereocenters. The quantitative estimate of drug-likeness (QED) is 0.565. The zero-order valence-corrected chi connectivity index (χ0v) is 12.3. The minimum absolute atomic E-state index is 0.170. The predicted molar refractivity (Wildman–Crippen MR) is 75.6 cm³/mol. The van der Waals surface area contributed by atoms with Gasteiger partial charge in [-0.25, -0.2) is 4.79 Å². The maximum Gasteiger partial charge on any atom is 0.333 e. The van der Waals surface area contributed by atoms with Crippen molar-refractivity contribution in [1.82, 2.24) is 0 Å². The lowest BCUT2D eigenvalue weighted by Gasteiger charge is -2.59. The maximum atomic E-state index is 12.1. The van der Waals surface area contributed by atoms with Crippen LogP contribution in [0.4, 0.5) is 0 Å². The van der Waals surface area contributed by atoms with Crippen molar-refractivity contribution in [2.45, 2.75) is 64.4 Å². The van der Waals surface area contributed by atoms with Gasteiger partial charge in [0.1, 0.15) is 5.60 Å². The van der Waals surface area contributed by atoms with Gasteiger partial charge in [-0.1, -0.05) is 19.9 Å². The van der Waals surface area contributed by atoms with E-state index in [1.165, 1.54) is 38.5 Å². The third kappa shape index (κ3) is 1.95. The van der Waals surface area contributed by atoms with Crippen LogP contribution in [0.2, 0.25) is 0 Å². The molecule has 0 aliphatic heterocycles. The molecule has 0 aromatic carbocycles. The Morgan fingerprint density at radius 2 is 2.00 bits per heavy atom. The van der Waals surface area contributed by atoms with Crippen molar-refractivity contribution >= 4 is 5.97 Å². The van der Waals surface area contributed by atoms with Gasteiger partial charge in [-0.3, -0.25) is 0 Å². The smallest absolute Gasteiger partial charge is 0.333 e. The van der Waals surface area contributed by atoms with Gasteiger partial charge in [-0.05, 0) is 63.2 Å². The molecule has 0 spiro atoms. The molecule has 0 aromatic rings. The van der Waals surface area contributed by atoms with Gasteiger partial charge in [0.15, 0.2) is 0 Å². The molecule has 19 heavy (non-hydrogen) atoms. The minimum atomic E-state index is -0.171. The number of carbonyl (C=O) groups is 1. The summed E-state index contributed by atoms with van der Waals surface area (Å²) in [6.45, 7) is 7.72. The fourth-order valence-corrected chi connectivity index (χ4v) is 5.20. The molecule has 0 aromatic heterocycles. The molecule has 0 N–H and O–H groups in total. The lowest BCUT2D eigenvalue weighted by atomic mass is 9.50. The highest BCUT2D eigenvalue weighted by Gasteiger charge is 2.58. The lowest BCUT2D eigenvalue weighted by molar-refractivity contribution is -0.206. The fourth-order valence-electron chi connectivity index (χ4n) is 5.20. The average Bonchev–Trinajstić information content (AvgIpc) is 2.37. The SMILES string of the molecule is C=C(C)C(=O)OC1(CC)C2CCC3CCC(C2)CC31. The van der Waals surface area contributed by atoms with E-state index in [0.29, 0.717) is 17.4 Å². The first kappa shape index (κ1) is 13.2. The number of hydrogen-bond donors (Lipinski definition) is 0. The van der Waals surface area contributed by atoms with Gasteiger partial charge >= 0.3 is 5.97 Å². The number of esters is 1. The summed E-state index contributed by atoms with van der Waals surface area (Å²) < 4.78 is 6.07. The van der Waals surface area contributed by atoms with E-state index in [9.17, 15) is 4.79 Å². The molecule has 3 rings (SSSR count). The largest absolute Gasteiger partial charge is 0.455 e. The van der Waals surface area contributed by atoms with Crippen LogP contribution in [0.3, 0.4) is 0 Å². The van der Waals surface area contributed by atoms with Crippen molar-refractivity contribution in [3.05, 3.63) is 12.2 Å². The van der Waals surface area contributed by atoms with Crippen molar-refractivity contribution in [2.75, 3.05) is 0 Å². The second kappa shape index (κ2) is 4.64. The summed E-state index contributed by atoms with van der Waals surface area (Å²) in [5.41, 5.74) is 0.372. The molecule has 0 saturated heterocycles. The molecule has 0 heterocycles. The summed E-state index contributed by atoms with van der Waals surface area (Å²) in [6, 6.07) is 0. The van der Waals surface area contributed by atoms with Gasteiger partial charge < -0.3 is 4.74 Å². The van der Waals surface area contributed by atoms with Crippen LogP contribution in [0.5, 0.6) is 0 Å². The van der Waals surface area contributed by atoms with Crippen molar-refractivity contribution in [2.24, 2.45) is 23.7 Å². The summed E-state index contributed by atoms with van der Waals surface area (Å²) in [4.78, 5) is 12.1. The van der Waals surface area contributed by atoms with E-state index in [1.54, 1.807) is 6.92 Å². The topological polar surface area (TPSA) is 26.3 Å². The number of rotatable bonds is 3. The molecule has 0 amide bonds. The minimum Gasteiger partial charge on any atom is -0.455 e. The summed E-state index contributed by atoms with van der Waals surface area (Å²) >= 11 is 0. The summed E-state index contributed by atoms with van der Waals surface area (Å²) in [7, 11) is 0. The van der Waals surface area contributed by atoms with E-state index in [-0.39, 0.29) is 11.6 Å². The molecule has 2 heteroatoms. The van der Waals surface area contributed by atoms with Crippen LogP contribution in [0.15, 0.2) is 12.2 Å². The van der Waals surface area contributed by atoms with Crippen LogP contribution >= 0.6 is 0 Å². The van der Waals surface area contributed by atoms with Crippen molar-refractivity contribution in [3.63, 3.8) is 0 Å². The second-order valence-corrected chi connectivity index (χ2v) is 7.03. The highest BCUT2D eigenvalue weighted by molar-refractivity contribution is 5.87. The Morgan fingerprint density at radius 1 is 1.26 bits per heavy atom. The highest BCUT2D eigenvalue weighted by atomic mass is 16.6. The Hall–Kier alpha value is -0.790. The van der Waals surface area contributed by atoms with E-state index in [1.807, 2.05) is 0 Å². The van der Waals surface area contributed by atoms with Gasteiger partial charge in [0.2, 0.25) is 0 Å². The molecule has 3 saturated carbocycles. The third-order valence-corrected chi connectivity index (χ3v) is 6.11. The fraction of sp³-hybridized carbons (Fsp3) is 0.824. The maximum absolute atomic E-state index is 12.1. The molecule has 3 fully saturated rings. The standard InChI is InChI=1S/C17H26O2/c1-4-17(19-16(18)11(2)3)14-8-7-13-6-5-12(9-14)10-15(13)17/h12-15H,2,4-10H2,1,3H3. The summed E-state index contributed by atoms with van der Waals surface area (Å²) in [5.74, 6) is 2.74. The van der Waals surface area contributed by atoms with Gasteiger partial charge in [-0.15, -0.1) is 0 Å². The lowest BCUT2D eigenvalue weighted by Crippen LogP contribution is -2.59. The normalized spacial score (nSPS) is 43.9. The van der Waals surface area contributed by atoms with Gasteiger partial charge in [0, 0.05) is 11.5 Å². The molecule has 106 valence electrons. The van der Waals surface area contributed by atoms with Gasteiger partial charge in [0.05, 0.1) is 0 Å². The van der Waals surface area contributed by atoms with Gasteiger partial charge in [-0.2, -0.15) is 0 Å². The number of fused-ring (bicyclic) bond motifs is 2. The average molecular weight is 262 g/mol. The Balaban J connectivity index is 1.91. The van der Waals surface area contributed by atoms with E-state index < -0.39 is 0 Å². The van der Waals surface area contributed by atoms with Crippen molar-refractivity contribution in [3.8, 4) is 0 Å². The third-order valence-electron chi connectivity index (χ3n) is 6.11. The molecule has 3 bridgehead atoms. The van der Waals surface area contributed by atoms with Crippen LogP contribution in [0, 0.1) is 23.7 Å². The van der Waals surface area contributed by atoms with E-state index in [2.05, 4.69) is 13.5 Å². The van der Waals surface area contributed by atoms with Crippen LogP contribution in [0.1, 0.15) is 58.8 Å². The molecule has 2 nitrogen and oxygen atoms in total. The monoisotopic (exact) mass is 262 g/mol. The zero-order valence-electron chi connectivity index (χ0n) is 12.3. The number of carbonyl (C=O) groups excluding carboxylic acids is 1. The van der Waals surface area contributed by atoms with Crippen LogP contribution in [-0.4, -0.2) is 11.6 Å². The highest BCUT2D eigenvalue weighted by Crippen LogP contribution is 2.59. The summed E-state index contributed by atoms with van der Waals surface area (Å²) in [6.07, 6.45) is 8.92. The molecule has 3 aliphatic rings. The first-order valence-corrected chi connectivity index (χ1v) is 7.95. The Morgan fingerprint density at radius 3 is 2.68 bits per heavy atom. The van der Waals surface area contributed by atoms with Crippen molar-refractivity contribution < 1.29 is 9.53 Å². The zero-order chi connectivity index (χ0) is 13.6. The number of ether oxygens (including phenoxy) is 1. The van der Waals surface area contributed by atoms with Gasteiger partial charge in [0.25, 0.3) is 0 Å². The van der Waals surface area contributed by atoms with Crippen LogP contribution < -0.4 is 0 Å². The second-order valence-electron chi connectivity index (χ2n) is 7.03. The van der Waals surface area contributed by atoms with E-state index >= 15 is 0 Å². The van der Waals surface area contributed by atoms with Crippen LogP contribution in [0.25, 0.3) is 0 Å². The molecular weight excluding hydrogens is 236 g/mol. The number of hydrogen-bond acceptors (Lipinski definition) is 2. The predicted octanol–water partition coefficient (Wildman–Crippen LogP) is 4.10. The molecule has 0 radical (unpaired) electrons. The first-order chi connectivity index (χ1) is 9.06. The Kier molecular flexibility index (Phi) is 3.23. The Labute approximate surface area is 116 Å². The Bertz CT molecular complexity index is 396. The van der Waals surface area contributed by atoms with Crippen molar-refractivity contribution in [1.29, 1.82) is 0 Å². The molecule has 3 aliphatic carbocycles. The van der Waals surface area contributed by atoms with E-state index in [4.69, 9.17) is 4.74 Å². The van der Waals surface area contributed by atoms with E-state index in [0.717, 1.165) is 18.3 Å². The first-order valence-electron chi connectivity index (χ1n) is 7.95. The molecular formula is C17H26O2. The summed E-state index contributed by atoms with van der Waals surface area (Å²) in [5, 5.41) is 0.